The van der Waals surface area contributed by atoms with E-state index in [2.05, 4.69) is 4.72 Å². The van der Waals surface area contributed by atoms with Gasteiger partial charge >= 0.3 is 10.2 Å². The first-order chi connectivity index (χ1) is 7.86. The monoisotopic (exact) mass is 253 g/mol. The number of benzene rings is 1. The molecule has 1 aromatic rings. The zero-order valence-electron chi connectivity index (χ0n) is 10.0. The molecule has 0 aliphatic rings. The molecule has 0 radical (unpaired) electrons. The molecule has 0 amide bonds. The lowest BCUT2D eigenvalue weighted by Gasteiger charge is -2.21. The molecular formula is C11H15N3O2S. The molecule has 0 saturated carbocycles. The quantitative estimate of drug-likeness (QED) is 0.877. The van der Waals surface area contributed by atoms with E-state index in [0.717, 1.165) is 4.31 Å². The van der Waals surface area contributed by atoms with Crippen LogP contribution in [0, 0.1) is 11.3 Å². The molecule has 0 heterocycles. The predicted octanol–water partition coefficient (Wildman–Crippen LogP) is 1.24. The Bertz CT molecular complexity index is 515. The van der Waals surface area contributed by atoms with Crippen LogP contribution in [0.5, 0.6) is 0 Å². The number of nitriles is 1. The van der Waals surface area contributed by atoms with Gasteiger partial charge in [-0.15, -0.1) is 0 Å². The van der Waals surface area contributed by atoms with E-state index >= 15 is 0 Å². The highest BCUT2D eigenvalue weighted by molar-refractivity contribution is 7.90. The van der Waals surface area contributed by atoms with Crippen molar-refractivity contribution < 1.29 is 8.42 Å². The van der Waals surface area contributed by atoms with Crippen molar-refractivity contribution in [3.63, 3.8) is 0 Å². The summed E-state index contributed by atoms with van der Waals surface area (Å²) >= 11 is 0. The van der Waals surface area contributed by atoms with Crippen LogP contribution in [0.3, 0.4) is 0 Å². The third-order valence-corrected chi connectivity index (χ3v) is 3.81. The van der Waals surface area contributed by atoms with Crippen LogP contribution in [-0.2, 0) is 10.2 Å². The van der Waals surface area contributed by atoms with Crippen molar-refractivity contribution in [1.82, 2.24) is 4.72 Å². The van der Waals surface area contributed by atoms with E-state index in [1.54, 1.807) is 38.1 Å². The Hall–Kier alpha value is -1.58. The molecule has 1 rings (SSSR count). The van der Waals surface area contributed by atoms with Crippen molar-refractivity contribution in [2.24, 2.45) is 0 Å². The van der Waals surface area contributed by atoms with Gasteiger partial charge in [0.05, 0.1) is 17.3 Å². The lowest BCUT2D eigenvalue weighted by Crippen LogP contribution is -2.41. The van der Waals surface area contributed by atoms with E-state index in [1.807, 2.05) is 6.07 Å². The highest BCUT2D eigenvalue weighted by Crippen LogP contribution is 2.16. The van der Waals surface area contributed by atoms with E-state index in [4.69, 9.17) is 5.26 Å². The number of nitrogens with one attached hydrogen (secondary N) is 1. The Morgan fingerprint density at radius 1 is 1.29 bits per heavy atom. The van der Waals surface area contributed by atoms with Crippen molar-refractivity contribution in [1.29, 1.82) is 5.26 Å². The van der Waals surface area contributed by atoms with E-state index in [9.17, 15) is 8.42 Å². The summed E-state index contributed by atoms with van der Waals surface area (Å²) in [4.78, 5) is 0. The Labute approximate surface area is 102 Å². The summed E-state index contributed by atoms with van der Waals surface area (Å²) in [7, 11) is -2.07. The lowest BCUT2D eigenvalue weighted by atomic mass is 10.2. The topological polar surface area (TPSA) is 73.2 Å². The number of rotatable bonds is 4. The molecule has 92 valence electrons. The van der Waals surface area contributed by atoms with Gasteiger partial charge in [0.2, 0.25) is 0 Å². The zero-order valence-corrected chi connectivity index (χ0v) is 10.8. The van der Waals surface area contributed by atoms with Crippen LogP contribution >= 0.6 is 0 Å². The maximum atomic E-state index is 11.8. The van der Waals surface area contributed by atoms with Gasteiger partial charge in [0.1, 0.15) is 0 Å². The first-order valence-electron chi connectivity index (χ1n) is 5.13. The second-order valence-corrected chi connectivity index (χ2v) is 5.64. The zero-order chi connectivity index (χ0) is 13.1. The van der Waals surface area contributed by atoms with E-state index in [-0.39, 0.29) is 6.04 Å². The van der Waals surface area contributed by atoms with Gasteiger partial charge in [0.25, 0.3) is 0 Å². The highest BCUT2D eigenvalue weighted by Gasteiger charge is 2.18. The normalized spacial score (nSPS) is 11.2. The molecule has 0 atom stereocenters. The average Bonchev–Trinajstić information content (AvgIpc) is 2.26. The van der Waals surface area contributed by atoms with Crippen LogP contribution in [0.1, 0.15) is 19.4 Å². The molecule has 0 spiro atoms. The fourth-order valence-corrected chi connectivity index (χ4v) is 2.41. The Morgan fingerprint density at radius 3 is 2.24 bits per heavy atom. The van der Waals surface area contributed by atoms with Crippen LogP contribution in [0.4, 0.5) is 5.69 Å². The maximum absolute atomic E-state index is 11.8. The molecule has 1 N–H and O–H groups in total. The van der Waals surface area contributed by atoms with Gasteiger partial charge in [-0.25, -0.2) is 0 Å². The van der Waals surface area contributed by atoms with Gasteiger partial charge in [-0.3, -0.25) is 4.31 Å². The smallest absolute Gasteiger partial charge is 0.261 e. The standard InChI is InChI=1S/C11H15N3O2S/c1-9(2)13-17(15,16)14(3)11-6-4-10(8-12)5-7-11/h4-7,9,13H,1-3H3. The first kappa shape index (κ1) is 13.5. The fourth-order valence-electron chi connectivity index (χ4n) is 1.26. The highest BCUT2D eigenvalue weighted by atomic mass is 32.2. The van der Waals surface area contributed by atoms with Crippen molar-refractivity contribution in [3.05, 3.63) is 29.8 Å². The average molecular weight is 253 g/mol. The van der Waals surface area contributed by atoms with E-state index < -0.39 is 10.2 Å². The Balaban J connectivity index is 2.96. The summed E-state index contributed by atoms with van der Waals surface area (Å²) in [5.74, 6) is 0. The molecule has 6 heteroatoms. The fraction of sp³-hybridized carbons (Fsp3) is 0.364. The van der Waals surface area contributed by atoms with Gasteiger partial charge in [-0.05, 0) is 38.1 Å². The molecule has 0 saturated heterocycles. The molecule has 0 bridgehead atoms. The van der Waals surface area contributed by atoms with Gasteiger partial charge in [-0.1, -0.05) is 0 Å². The molecule has 1 aromatic carbocycles. The molecular weight excluding hydrogens is 238 g/mol. The molecule has 17 heavy (non-hydrogen) atoms. The molecule has 0 unspecified atom stereocenters. The molecule has 0 fully saturated rings. The van der Waals surface area contributed by atoms with E-state index in [0.29, 0.717) is 11.3 Å². The summed E-state index contributed by atoms with van der Waals surface area (Å²) in [5, 5.41) is 8.65. The summed E-state index contributed by atoms with van der Waals surface area (Å²) < 4.78 is 27.3. The van der Waals surface area contributed by atoms with Crippen LogP contribution in [0.25, 0.3) is 0 Å². The molecule has 0 aliphatic heterocycles. The first-order valence-corrected chi connectivity index (χ1v) is 6.57. The Morgan fingerprint density at radius 2 is 1.82 bits per heavy atom. The summed E-state index contributed by atoms with van der Waals surface area (Å²) in [6.07, 6.45) is 0. The molecule has 5 nitrogen and oxygen atoms in total. The number of anilines is 1. The number of hydrogen-bond donors (Lipinski definition) is 1. The SMILES string of the molecule is CC(C)NS(=O)(=O)N(C)c1ccc(C#N)cc1. The van der Waals surface area contributed by atoms with Crippen LogP contribution in [0.15, 0.2) is 24.3 Å². The minimum absolute atomic E-state index is 0.166. The summed E-state index contributed by atoms with van der Waals surface area (Å²) in [6, 6.07) is 8.17. The van der Waals surface area contributed by atoms with Crippen molar-refractivity contribution >= 4 is 15.9 Å². The third kappa shape index (κ3) is 3.44. The van der Waals surface area contributed by atoms with Crippen LogP contribution in [0.2, 0.25) is 0 Å². The van der Waals surface area contributed by atoms with Gasteiger partial charge in [0, 0.05) is 13.1 Å². The van der Waals surface area contributed by atoms with Crippen molar-refractivity contribution in [3.8, 4) is 6.07 Å². The largest absolute Gasteiger partial charge is 0.301 e. The number of hydrogen-bond acceptors (Lipinski definition) is 3. The van der Waals surface area contributed by atoms with Crippen molar-refractivity contribution in [2.45, 2.75) is 19.9 Å². The van der Waals surface area contributed by atoms with Gasteiger partial charge in [0.15, 0.2) is 0 Å². The molecule has 0 aliphatic carbocycles. The predicted molar refractivity (Wildman–Crippen MR) is 66.8 cm³/mol. The molecule has 0 aromatic heterocycles. The van der Waals surface area contributed by atoms with Gasteiger partial charge < -0.3 is 0 Å². The second-order valence-electron chi connectivity index (χ2n) is 3.90. The minimum Gasteiger partial charge on any atom is -0.261 e. The van der Waals surface area contributed by atoms with Crippen LogP contribution < -0.4 is 9.03 Å². The van der Waals surface area contributed by atoms with Crippen molar-refractivity contribution in [2.75, 3.05) is 11.4 Å². The minimum atomic E-state index is -3.53. The van der Waals surface area contributed by atoms with Gasteiger partial charge in [-0.2, -0.15) is 18.4 Å². The van der Waals surface area contributed by atoms with Crippen LogP contribution in [-0.4, -0.2) is 21.5 Å². The third-order valence-electron chi connectivity index (χ3n) is 2.11. The lowest BCUT2D eigenvalue weighted by molar-refractivity contribution is 0.568. The Kier molecular flexibility index (Phi) is 4.10. The number of nitrogens with zero attached hydrogens (tertiary/aromatic N) is 2. The second kappa shape index (κ2) is 5.17. The van der Waals surface area contributed by atoms with E-state index in [1.165, 1.54) is 7.05 Å². The summed E-state index contributed by atoms with van der Waals surface area (Å²) in [5.41, 5.74) is 1.01. The summed E-state index contributed by atoms with van der Waals surface area (Å²) in [6.45, 7) is 3.51. The maximum Gasteiger partial charge on any atom is 0.301 e.